The van der Waals surface area contributed by atoms with Crippen LogP contribution in [0, 0.1) is 6.92 Å². The number of H-pyrrole nitrogens is 1. The Hall–Kier alpha value is -4.53. The topological polar surface area (TPSA) is 119 Å². The van der Waals surface area contributed by atoms with Gasteiger partial charge in [0, 0.05) is 22.9 Å². The second-order valence-corrected chi connectivity index (χ2v) is 7.16. The van der Waals surface area contributed by atoms with Gasteiger partial charge in [-0.15, -0.1) is 0 Å². The molecular formula is C24H21N5O4. The number of ether oxygens (including phenoxy) is 1. The summed E-state index contributed by atoms with van der Waals surface area (Å²) in [5.74, 6) is -0.700. The molecule has 0 fully saturated rings. The molecule has 0 spiro atoms. The largest absolute Gasteiger partial charge is 0.462 e. The van der Waals surface area contributed by atoms with Gasteiger partial charge >= 0.3 is 5.97 Å². The molecule has 0 saturated heterocycles. The van der Waals surface area contributed by atoms with E-state index in [0.29, 0.717) is 33.9 Å². The van der Waals surface area contributed by atoms with Crippen LogP contribution in [0.4, 0.5) is 5.69 Å². The molecular weight excluding hydrogens is 422 g/mol. The van der Waals surface area contributed by atoms with Gasteiger partial charge in [0.05, 0.1) is 29.9 Å². The van der Waals surface area contributed by atoms with Gasteiger partial charge in [-0.2, -0.15) is 10.2 Å². The van der Waals surface area contributed by atoms with Crippen LogP contribution < -0.4 is 10.9 Å². The molecule has 2 heterocycles. The molecule has 0 atom stereocenters. The van der Waals surface area contributed by atoms with E-state index >= 15 is 0 Å². The Labute approximate surface area is 189 Å². The first-order chi connectivity index (χ1) is 16.0. The highest BCUT2D eigenvalue weighted by atomic mass is 16.5. The number of hydrogen-bond donors (Lipinski definition) is 2. The van der Waals surface area contributed by atoms with Crippen LogP contribution in [0.3, 0.4) is 0 Å². The second-order valence-electron chi connectivity index (χ2n) is 7.16. The van der Waals surface area contributed by atoms with Crippen molar-refractivity contribution in [1.82, 2.24) is 20.0 Å². The van der Waals surface area contributed by atoms with Crippen LogP contribution in [0.2, 0.25) is 0 Å². The van der Waals surface area contributed by atoms with E-state index in [1.54, 1.807) is 67.1 Å². The zero-order valence-corrected chi connectivity index (χ0v) is 18.0. The summed E-state index contributed by atoms with van der Waals surface area (Å²) in [6, 6.07) is 17.1. The molecule has 0 aliphatic heterocycles. The van der Waals surface area contributed by atoms with E-state index < -0.39 is 5.97 Å². The number of carbonyl (C=O) groups excluding carboxylic acids is 2. The summed E-state index contributed by atoms with van der Waals surface area (Å²) in [5.41, 5.74) is 3.88. The van der Waals surface area contributed by atoms with Crippen molar-refractivity contribution in [1.29, 1.82) is 0 Å². The smallest absolute Gasteiger partial charge is 0.341 e. The SMILES string of the molecule is CCOC(=O)c1cnn(-c2ccc(C(=O)Nc3cccc(-c4ccc(=O)[nH]n4)c3)cc2)c1C. The number of aromatic nitrogens is 4. The molecule has 4 rings (SSSR count). The molecule has 1 amide bonds. The average molecular weight is 443 g/mol. The molecule has 4 aromatic rings. The maximum Gasteiger partial charge on any atom is 0.341 e. The van der Waals surface area contributed by atoms with Crippen molar-refractivity contribution in [3.05, 3.63) is 94.0 Å². The lowest BCUT2D eigenvalue weighted by molar-refractivity contribution is 0.0525. The van der Waals surface area contributed by atoms with Crippen molar-refractivity contribution >= 4 is 17.6 Å². The summed E-state index contributed by atoms with van der Waals surface area (Å²) < 4.78 is 6.66. The fourth-order valence-corrected chi connectivity index (χ4v) is 3.30. The summed E-state index contributed by atoms with van der Waals surface area (Å²) in [5, 5.41) is 13.5. The van der Waals surface area contributed by atoms with Gasteiger partial charge in [0.15, 0.2) is 0 Å². The fraction of sp³-hybridized carbons (Fsp3) is 0.125. The maximum atomic E-state index is 12.7. The summed E-state index contributed by atoms with van der Waals surface area (Å²) in [4.78, 5) is 35.9. The van der Waals surface area contributed by atoms with Gasteiger partial charge < -0.3 is 10.1 Å². The Morgan fingerprint density at radius 2 is 1.88 bits per heavy atom. The minimum atomic E-state index is -0.420. The minimum Gasteiger partial charge on any atom is -0.462 e. The summed E-state index contributed by atoms with van der Waals surface area (Å²) in [7, 11) is 0. The number of benzene rings is 2. The van der Waals surface area contributed by atoms with Gasteiger partial charge in [0.1, 0.15) is 5.56 Å². The summed E-state index contributed by atoms with van der Waals surface area (Å²) in [6.07, 6.45) is 1.47. The molecule has 33 heavy (non-hydrogen) atoms. The lowest BCUT2D eigenvalue weighted by Crippen LogP contribution is -2.12. The Morgan fingerprint density at radius 3 is 2.58 bits per heavy atom. The molecule has 2 aromatic heterocycles. The van der Waals surface area contributed by atoms with Crippen LogP contribution in [0.5, 0.6) is 0 Å². The highest BCUT2D eigenvalue weighted by Gasteiger charge is 2.16. The quantitative estimate of drug-likeness (QED) is 0.441. The average Bonchev–Trinajstić information content (AvgIpc) is 3.21. The molecule has 9 heteroatoms. The maximum absolute atomic E-state index is 12.7. The van der Waals surface area contributed by atoms with Gasteiger partial charge in [0.25, 0.3) is 11.5 Å². The summed E-state index contributed by atoms with van der Waals surface area (Å²) >= 11 is 0. The lowest BCUT2D eigenvalue weighted by Gasteiger charge is -2.09. The Morgan fingerprint density at radius 1 is 1.09 bits per heavy atom. The normalized spacial score (nSPS) is 10.6. The molecule has 2 N–H and O–H groups in total. The van der Waals surface area contributed by atoms with Gasteiger partial charge in [-0.25, -0.2) is 14.6 Å². The van der Waals surface area contributed by atoms with Crippen LogP contribution in [-0.4, -0.2) is 38.5 Å². The molecule has 0 saturated carbocycles. The van der Waals surface area contributed by atoms with Crippen LogP contribution in [0.15, 0.2) is 71.7 Å². The number of nitrogens with zero attached hydrogens (tertiary/aromatic N) is 3. The third-order valence-corrected chi connectivity index (χ3v) is 4.97. The number of esters is 1. The number of amides is 1. The number of aromatic amines is 1. The van der Waals surface area contributed by atoms with Crippen LogP contribution in [0.25, 0.3) is 16.9 Å². The van der Waals surface area contributed by atoms with Crippen molar-refractivity contribution in [2.45, 2.75) is 13.8 Å². The first kappa shape index (κ1) is 21.7. The van der Waals surface area contributed by atoms with E-state index in [0.717, 1.165) is 5.56 Å². The molecule has 0 aliphatic carbocycles. The number of anilines is 1. The van der Waals surface area contributed by atoms with E-state index in [1.165, 1.54) is 12.3 Å². The van der Waals surface area contributed by atoms with Crippen molar-refractivity contribution in [3.63, 3.8) is 0 Å². The highest BCUT2D eigenvalue weighted by Crippen LogP contribution is 2.21. The molecule has 9 nitrogen and oxygen atoms in total. The number of nitrogens with one attached hydrogen (secondary N) is 2. The number of rotatable bonds is 6. The Balaban J connectivity index is 1.49. The molecule has 0 aliphatic rings. The lowest BCUT2D eigenvalue weighted by atomic mass is 10.1. The van der Waals surface area contributed by atoms with E-state index in [-0.39, 0.29) is 18.1 Å². The number of hydrogen-bond acceptors (Lipinski definition) is 6. The Bertz CT molecular complexity index is 1350. The van der Waals surface area contributed by atoms with E-state index in [4.69, 9.17) is 4.74 Å². The van der Waals surface area contributed by atoms with Crippen LogP contribution in [0.1, 0.15) is 33.3 Å². The van der Waals surface area contributed by atoms with Crippen molar-refractivity contribution in [3.8, 4) is 16.9 Å². The fourth-order valence-electron chi connectivity index (χ4n) is 3.30. The van der Waals surface area contributed by atoms with Gasteiger partial charge in [-0.3, -0.25) is 9.59 Å². The zero-order valence-electron chi connectivity index (χ0n) is 18.0. The monoisotopic (exact) mass is 443 g/mol. The number of carbonyl (C=O) groups is 2. The summed E-state index contributed by atoms with van der Waals surface area (Å²) in [6.45, 7) is 3.82. The molecule has 0 bridgehead atoms. The second kappa shape index (κ2) is 9.31. The Kier molecular flexibility index (Phi) is 6.12. The van der Waals surface area contributed by atoms with Gasteiger partial charge in [-0.05, 0) is 56.3 Å². The highest BCUT2D eigenvalue weighted by molar-refractivity contribution is 6.04. The van der Waals surface area contributed by atoms with Crippen molar-refractivity contribution in [2.24, 2.45) is 0 Å². The third kappa shape index (κ3) is 4.72. The predicted molar refractivity (Wildman–Crippen MR) is 123 cm³/mol. The van der Waals surface area contributed by atoms with E-state index in [9.17, 15) is 14.4 Å². The third-order valence-electron chi connectivity index (χ3n) is 4.97. The van der Waals surface area contributed by atoms with Crippen LogP contribution >= 0.6 is 0 Å². The molecule has 0 unspecified atom stereocenters. The zero-order chi connectivity index (χ0) is 23.4. The van der Waals surface area contributed by atoms with Gasteiger partial charge in [0.2, 0.25) is 0 Å². The van der Waals surface area contributed by atoms with E-state index in [2.05, 4.69) is 20.6 Å². The van der Waals surface area contributed by atoms with Crippen LogP contribution in [-0.2, 0) is 4.74 Å². The molecule has 166 valence electrons. The minimum absolute atomic E-state index is 0.280. The first-order valence-corrected chi connectivity index (χ1v) is 10.3. The van der Waals surface area contributed by atoms with Gasteiger partial charge in [-0.1, -0.05) is 12.1 Å². The van der Waals surface area contributed by atoms with Crippen molar-refractivity contribution in [2.75, 3.05) is 11.9 Å². The standard InChI is InChI=1S/C24H21N5O4/c1-3-33-24(32)20-14-25-29(15(20)2)19-9-7-16(8-10-19)23(31)26-18-6-4-5-17(13-18)21-11-12-22(30)28-27-21/h4-14H,3H2,1-2H3,(H,26,31)(H,28,30). The predicted octanol–water partition coefficient (Wildman–Crippen LogP) is 3.36. The first-order valence-electron chi connectivity index (χ1n) is 10.3. The molecule has 2 aromatic carbocycles. The van der Waals surface area contributed by atoms with E-state index in [1.807, 2.05) is 6.07 Å². The molecule has 0 radical (unpaired) electrons. The van der Waals surface area contributed by atoms with Crippen molar-refractivity contribution < 1.29 is 14.3 Å².